The van der Waals surface area contributed by atoms with Gasteiger partial charge in [-0.3, -0.25) is 4.79 Å². The molecule has 0 spiro atoms. The van der Waals surface area contributed by atoms with Crippen molar-refractivity contribution in [3.05, 3.63) is 29.8 Å². The first-order valence-electron chi connectivity index (χ1n) is 7.45. The summed E-state index contributed by atoms with van der Waals surface area (Å²) in [6, 6.07) is 8.01. The Balaban J connectivity index is 1.72. The molecule has 3 nitrogen and oxygen atoms in total. The Morgan fingerprint density at radius 2 is 1.85 bits per heavy atom. The van der Waals surface area contributed by atoms with Gasteiger partial charge >= 0.3 is 5.97 Å². The minimum absolute atomic E-state index is 0.107. The highest BCUT2D eigenvalue weighted by Crippen LogP contribution is 2.36. The van der Waals surface area contributed by atoms with E-state index < -0.39 is 0 Å². The van der Waals surface area contributed by atoms with E-state index >= 15 is 0 Å². The third-order valence-electron chi connectivity index (χ3n) is 4.07. The number of carbonyl (C=O) groups is 1. The molecule has 1 saturated carbocycles. The largest absolute Gasteiger partial charge is 0.461 e. The van der Waals surface area contributed by atoms with E-state index in [1.165, 1.54) is 5.56 Å². The number of aryl methyl sites for hydroxylation is 1. The van der Waals surface area contributed by atoms with Crippen molar-refractivity contribution in [2.24, 2.45) is 5.41 Å². The first-order chi connectivity index (χ1) is 9.44. The van der Waals surface area contributed by atoms with Gasteiger partial charge in [0.05, 0.1) is 0 Å². The Morgan fingerprint density at radius 3 is 2.45 bits per heavy atom. The number of hydrogen-bond acceptors (Lipinski definition) is 3. The molecule has 0 unspecified atom stereocenters. The second-order valence-electron chi connectivity index (χ2n) is 6.57. The number of hydrogen-bond donors (Lipinski definition) is 1. The van der Waals surface area contributed by atoms with Crippen LogP contribution in [0.25, 0.3) is 0 Å². The minimum atomic E-state index is -0.157. The molecule has 0 amide bonds. The van der Waals surface area contributed by atoms with E-state index in [1.807, 2.05) is 31.2 Å². The SMILES string of the molecule is Cc1ccc(NCC(=O)OC2CCC(C)(C)CC2)cc1. The van der Waals surface area contributed by atoms with Gasteiger partial charge in [0.1, 0.15) is 12.6 Å². The number of nitrogens with one attached hydrogen (secondary N) is 1. The Morgan fingerprint density at radius 1 is 1.25 bits per heavy atom. The molecule has 0 radical (unpaired) electrons. The summed E-state index contributed by atoms with van der Waals surface area (Å²) in [5, 5.41) is 3.10. The van der Waals surface area contributed by atoms with Gasteiger partial charge in [0.2, 0.25) is 0 Å². The molecule has 1 N–H and O–H groups in total. The Labute approximate surface area is 121 Å². The number of benzene rings is 1. The Bertz CT molecular complexity index is 441. The van der Waals surface area contributed by atoms with E-state index in [-0.39, 0.29) is 18.6 Å². The maximum Gasteiger partial charge on any atom is 0.325 e. The quantitative estimate of drug-likeness (QED) is 0.846. The number of rotatable bonds is 4. The summed E-state index contributed by atoms with van der Waals surface area (Å²) < 4.78 is 5.53. The molecule has 0 heterocycles. The summed E-state index contributed by atoms with van der Waals surface area (Å²) in [6.45, 7) is 6.85. The van der Waals surface area contributed by atoms with Gasteiger partial charge in [0, 0.05) is 5.69 Å². The first kappa shape index (κ1) is 14.9. The lowest BCUT2D eigenvalue weighted by molar-refractivity contribution is -0.149. The number of esters is 1. The van der Waals surface area contributed by atoms with E-state index in [1.54, 1.807) is 0 Å². The normalized spacial score (nSPS) is 18.6. The number of anilines is 1. The zero-order valence-corrected chi connectivity index (χ0v) is 12.7. The molecule has 1 aliphatic rings. The fraction of sp³-hybridized carbons (Fsp3) is 0.588. The monoisotopic (exact) mass is 275 g/mol. The van der Waals surface area contributed by atoms with Crippen molar-refractivity contribution < 1.29 is 9.53 Å². The predicted molar refractivity (Wildman–Crippen MR) is 81.8 cm³/mol. The predicted octanol–water partition coefficient (Wildman–Crippen LogP) is 3.92. The molecule has 1 aromatic rings. The minimum Gasteiger partial charge on any atom is -0.461 e. The standard InChI is InChI=1S/C17H25NO2/c1-13-4-6-14(7-5-13)18-12-16(19)20-15-8-10-17(2,3)11-9-15/h4-7,15,18H,8-12H2,1-3H3. The van der Waals surface area contributed by atoms with Crippen molar-refractivity contribution in [3.63, 3.8) is 0 Å². The van der Waals surface area contributed by atoms with E-state index in [4.69, 9.17) is 4.74 Å². The zero-order chi connectivity index (χ0) is 14.6. The van der Waals surface area contributed by atoms with Gasteiger partial charge in [0.15, 0.2) is 0 Å². The van der Waals surface area contributed by atoms with Gasteiger partial charge in [-0.1, -0.05) is 31.5 Å². The molecule has 2 rings (SSSR count). The van der Waals surface area contributed by atoms with Crippen molar-refractivity contribution in [1.82, 2.24) is 0 Å². The van der Waals surface area contributed by atoms with Gasteiger partial charge in [0.25, 0.3) is 0 Å². The van der Waals surface area contributed by atoms with Gasteiger partial charge in [-0.05, 0) is 50.2 Å². The topological polar surface area (TPSA) is 38.3 Å². The molecule has 1 aliphatic carbocycles. The zero-order valence-electron chi connectivity index (χ0n) is 12.7. The first-order valence-corrected chi connectivity index (χ1v) is 7.45. The van der Waals surface area contributed by atoms with Crippen LogP contribution >= 0.6 is 0 Å². The van der Waals surface area contributed by atoms with Crippen molar-refractivity contribution in [1.29, 1.82) is 0 Å². The van der Waals surface area contributed by atoms with Crippen LogP contribution in [0.5, 0.6) is 0 Å². The summed E-state index contributed by atoms with van der Waals surface area (Å²) >= 11 is 0. The lowest BCUT2D eigenvalue weighted by Crippen LogP contribution is -2.30. The van der Waals surface area contributed by atoms with Crippen LogP contribution in [-0.2, 0) is 9.53 Å². The molecule has 110 valence electrons. The maximum absolute atomic E-state index is 11.8. The summed E-state index contributed by atoms with van der Waals surface area (Å²) in [5.41, 5.74) is 2.57. The third kappa shape index (κ3) is 4.55. The number of carbonyl (C=O) groups excluding carboxylic acids is 1. The lowest BCUT2D eigenvalue weighted by atomic mass is 9.76. The van der Waals surface area contributed by atoms with E-state index in [0.717, 1.165) is 31.4 Å². The Hall–Kier alpha value is -1.51. The molecule has 1 aromatic carbocycles. The van der Waals surface area contributed by atoms with Gasteiger partial charge in [-0.15, -0.1) is 0 Å². The molecular weight excluding hydrogens is 250 g/mol. The molecular formula is C17H25NO2. The molecule has 3 heteroatoms. The highest BCUT2D eigenvalue weighted by atomic mass is 16.5. The highest BCUT2D eigenvalue weighted by Gasteiger charge is 2.28. The van der Waals surface area contributed by atoms with Crippen LogP contribution in [0.2, 0.25) is 0 Å². The maximum atomic E-state index is 11.8. The van der Waals surface area contributed by atoms with E-state index in [0.29, 0.717) is 5.41 Å². The van der Waals surface area contributed by atoms with Crippen LogP contribution in [0.1, 0.15) is 45.1 Å². The summed E-state index contributed by atoms with van der Waals surface area (Å²) in [4.78, 5) is 11.8. The molecule has 0 atom stereocenters. The van der Waals surface area contributed by atoms with Crippen LogP contribution in [0.15, 0.2) is 24.3 Å². The van der Waals surface area contributed by atoms with Crippen molar-refractivity contribution in [2.75, 3.05) is 11.9 Å². The molecule has 0 bridgehead atoms. The second-order valence-corrected chi connectivity index (χ2v) is 6.57. The fourth-order valence-corrected chi connectivity index (χ4v) is 2.56. The van der Waals surface area contributed by atoms with Gasteiger partial charge < -0.3 is 10.1 Å². The molecule has 0 saturated heterocycles. The summed E-state index contributed by atoms with van der Waals surface area (Å²) in [5.74, 6) is -0.157. The fourth-order valence-electron chi connectivity index (χ4n) is 2.56. The lowest BCUT2D eigenvalue weighted by Gasteiger charge is -2.33. The van der Waals surface area contributed by atoms with Crippen molar-refractivity contribution >= 4 is 11.7 Å². The average Bonchev–Trinajstić information content (AvgIpc) is 2.41. The van der Waals surface area contributed by atoms with Gasteiger partial charge in [-0.25, -0.2) is 0 Å². The third-order valence-corrected chi connectivity index (χ3v) is 4.07. The second kappa shape index (κ2) is 6.29. The van der Waals surface area contributed by atoms with E-state index in [9.17, 15) is 4.79 Å². The molecule has 1 fully saturated rings. The van der Waals surface area contributed by atoms with Crippen LogP contribution in [0, 0.1) is 12.3 Å². The van der Waals surface area contributed by atoms with Gasteiger partial charge in [-0.2, -0.15) is 0 Å². The highest BCUT2D eigenvalue weighted by molar-refractivity contribution is 5.75. The summed E-state index contributed by atoms with van der Waals surface area (Å²) in [6.07, 6.45) is 4.36. The average molecular weight is 275 g/mol. The summed E-state index contributed by atoms with van der Waals surface area (Å²) in [7, 11) is 0. The van der Waals surface area contributed by atoms with Crippen LogP contribution in [0.4, 0.5) is 5.69 Å². The van der Waals surface area contributed by atoms with Crippen LogP contribution < -0.4 is 5.32 Å². The molecule has 0 aliphatic heterocycles. The molecule has 20 heavy (non-hydrogen) atoms. The van der Waals surface area contributed by atoms with Crippen molar-refractivity contribution in [3.8, 4) is 0 Å². The van der Waals surface area contributed by atoms with E-state index in [2.05, 4.69) is 19.2 Å². The van der Waals surface area contributed by atoms with Crippen LogP contribution in [-0.4, -0.2) is 18.6 Å². The molecule has 0 aromatic heterocycles. The van der Waals surface area contributed by atoms with Crippen molar-refractivity contribution in [2.45, 2.75) is 52.6 Å². The van der Waals surface area contributed by atoms with Crippen LogP contribution in [0.3, 0.4) is 0 Å². The Kier molecular flexibility index (Phi) is 4.69. The smallest absolute Gasteiger partial charge is 0.325 e. The number of ether oxygens (including phenoxy) is 1.